The third kappa shape index (κ3) is 5.49. The van der Waals surface area contributed by atoms with Crippen molar-refractivity contribution in [2.24, 2.45) is 4.99 Å². The monoisotopic (exact) mass is 622 g/mol. The van der Waals surface area contributed by atoms with Gasteiger partial charge in [0.25, 0.3) is 5.56 Å². The molecule has 2 aromatic heterocycles. The van der Waals surface area contributed by atoms with Gasteiger partial charge in [-0.2, -0.15) is 0 Å². The number of fused-ring (bicyclic) bond motifs is 2. The second-order valence-corrected chi connectivity index (χ2v) is 11.2. The Bertz CT molecular complexity index is 2170. The Balaban J connectivity index is 1.50. The maximum Gasteiger partial charge on any atom is 0.338 e. The van der Waals surface area contributed by atoms with Crippen molar-refractivity contribution >= 4 is 40.1 Å². The first-order chi connectivity index (χ1) is 21.8. The predicted octanol–water partition coefficient (Wildman–Crippen LogP) is 5.40. The maximum atomic E-state index is 14.2. The van der Waals surface area contributed by atoms with Crippen LogP contribution in [-0.2, 0) is 14.3 Å². The quantitative estimate of drug-likeness (QED) is 0.213. The van der Waals surface area contributed by atoms with Gasteiger partial charge in [0.05, 0.1) is 41.7 Å². The van der Waals surface area contributed by atoms with Crippen LogP contribution < -0.4 is 19.6 Å². The maximum absolute atomic E-state index is 14.2. The van der Waals surface area contributed by atoms with Crippen LogP contribution in [0.2, 0.25) is 0 Å². The van der Waals surface area contributed by atoms with Gasteiger partial charge in [-0.3, -0.25) is 9.36 Å². The lowest BCUT2D eigenvalue weighted by Gasteiger charge is -2.27. The van der Waals surface area contributed by atoms with Crippen molar-refractivity contribution in [1.29, 1.82) is 0 Å². The van der Waals surface area contributed by atoms with E-state index in [1.807, 2.05) is 42.5 Å². The van der Waals surface area contributed by atoms with E-state index in [0.717, 1.165) is 10.8 Å². The lowest BCUT2D eigenvalue weighted by Crippen LogP contribution is -2.40. The smallest absolute Gasteiger partial charge is 0.338 e. The first kappa shape index (κ1) is 29.8. The molecule has 3 aromatic carbocycles. The molecule has 1 aliphatic rings. The number of benzene rings is 3. The minimum atomic E-state index is -0.846. The van der Waals surface area contributed by atoms with Crippen molar-refractivity contribution in [2.75, 3.05) is 20.3 Å². The number of hydrogen-bond acceptors (Lipinski definition) is 9. The van der Waals surface area contributed by atoms with Gasteiger partial charge in [-0.15, -0.1) is 0 Å². The molecule has 6 rings (SSSR count). The highest BCUT2D eigenvalue weighted by molar-refractivity contribution is 7.07. The number of thiazole rings is 1. The average molecular weight is 623 g/mol. The third-order valence-electron chi connectivity index (χ3n) is 7.50. The number of hydrogen-bond donors (Lipinski definition) is 0. The SMILES string of the molecule is CCOC(=O)C1=C(C)N=c2s/c(=C\c3ccc(-c4cccc(C(=O)OCC)c4)o3)c(=O)n2C1c1c(OC)ccc2ccccc12. The lowest BCUT2D eigenvalue weighted by atomic mass is 9.90. The number of esters is 2. The van der Waals surface area contributed by atoms with Crippen LogP contribution in [0.4, 0.5) is 0 Å². The Morgan fingerprint density at radius 3 is 2.53 bits per heavy atom. The van der Waals surface area contributed by atoms with Crippen LogP contribution in [-0.4, -0.2) is 36.8 Å². The molecule has 1 atom stereocenters. The Morgan fingerprint density at radius 2 is 1.76 bits per heavy atom. The molecule has 0 radical (unpaired) electrons. The Morgan fingerprint density at radius 1 is 0.978 bits per heavy atom. The van der Waals surface area contributed by atoms with Gasteiger partial charge in [0.15, 0.2) is 4.80 Å². The largest absolute Gasteiger partial charge is 0.496 e. The molecule has 9 nitrogen and oxygen atoms in total. The van der Waals surface area contributed by atoms with E-state index in [1.54, 1.807) is 64.3 Å². The van der Waals surface area contributed by atoms with E-state index < -0.39 is 18.0 Å². The van der Waals surface area contributed by atoms with Crippen LogP contribution in [0.5, 0.6) is 5.75 Å². The molecule has 45 heavy (non-hydrogen) atoms. The Hall–Kier alpha value is -5.22. The molecule has 0 spiro atoms. The molecule has 0 aliphatic carbocycles. The highest BCUT2D eigenvalue weighted by Crippen LogP contribution is 2.40. The zero-order valence-electron chi connectivity index (χ0n) is 25.2. The topological polar surface area (TPSA) is 109 Å². The van der Waals surface area contributed by atoms with Crippen LogP contribution >= 0.6 is 11.3 Å². The second kappa shape index (κ2) is 12.4. The average Bonchev–Trinajstić information content (AvgIpc) is 3.64. The Labute approximate surface area is 262 Å². The number of allylic oxidation sites excluding steroid dienone is 1. The summed E-state index contributed by atoms with van der Waals surface area (Å²) in [7, 11) is 1.56. The van der Waals surface area contributed by atoms with Crippen molar-refractivity contribution in [1.82, 2.24) is 4.57 Å². The number of rotatable bonds is 8. The molecule has 5 aromatic rings. The molecule has 0 fully saturated rings. The summed E-state index contributed by atoms with van der Waals surface area (Å²) in [5.74, 6) is 0.540. The minimum absolute atomic E-state index is 0.170. The first-order valence-electron chi connectivity index (χ1n) is 14.5. The number of carbonyl (C=O) groups excluding carboxylic acids is 2. The van der Waals surface area contributed by atoms with Gasteiger partial charge in [0.1, 0.15) is 23.3 Å². The Kier molecular flexibility index (Phi) is 8.23. The third-order valence-corrected chi connectivity index (χ3v) is 8.48. The van der Waals surface area contributed by atoms with Crippen LogP contribution in [0.15, 0.2) is 98.3 Å². The molecule has 0 bridgehead atoms. The van der Waals surface area contributed by atoms with E-state index in [4.69, 9.17) is 18.6 Å². The summed E-state index contributed by atoms with van der Waals surface area (Å²) in [6.07, 6.45) is 1.66. The highest BCUT2D eigenvalue weighted by Gasteiger charge is 2.36. The van der Waals surface area contributed by atoms with Gasteiger partial charge >= 0.3 is 11.9 Å². The van der Waals surface area contributed by atoms with Crippen molar-refractivity contribution in [3.05, 3.63) is 121 Å². The minimum Gasteiger partial charge on any atom is -0.496 e. The van der Waals surface area contributed by atoms with Crippen LogP contribution in [0.25, 0.3) is 28.2 Å². The molecular formula is C35H30N2O7S. The summed E-state index contributed by atoms with van der Waals surface area (Å²) in [5, 5.41) is 1.78. The molecule has 0 N–H and O–H groups in total. The van der Waals surface area contributed by atoms with Gasteiger partial charge in [-0.25, -0.2) is 14.6 Å². The molecule has 10 heteroatoms. The highest BCUT2D eigenvalue weighted by atomic mass is 32.1. The number of ether oxygens (including phenoxy) is 3. The van der Waals surface area contributed by atoms with E-state index in [0.29, 0.717) is 49.0 Å². The molecule has 3 heterocycles. The fourth-order valence-electron chi connectivity index (χ4n) is 5.53. The van der Waals surface area contributed by atoms with E-state index in [-0.39, 0.29) is 24.3 Å². The lowest BCUT2D eigenvalue weighted by molar-refractivity contribution is -0.139. The number of furan rings is 1. The van der Waals surface area contributed by atoms with Gasteiger partial charge in [-0.1, -0.05) is 53.8 Å². The normalized spacial score (nSPS) is 14.7. The standard InChI is InChI=1S/C35H30N2O7S/c1-5-42-33(39)23-12-9-11-22(18-23)26-17-15-24(44-26)19-28-32(38)37-31(29(34(40)43-6-2)20(3)36-35(37)45-28)30-25-13-8-7-10-21(25)14-16-27(30)41-4/h7-19,31H,5-6H2,1-4H3/b28-19-. The molecular weight excluding hydrogens is 592 g/mol. The van der Waals surface area contributed by atoms with E-state index in [2.05, 4.69) is 4.99 Å². The first-order valence-corrected chi connectivity index (χ1v) is 15.3. The van der Waals surface area contributed by atoms with Crippen molar-refractivity contribution in [3.8, 4) is 17.1 Å². The zero-order valence-corrected chi connectivity index (χ0v) is 26.0. The van der Waals surface area contributed by atoms with Gasteiger partial charge in [0.2, 0.25) is 0 Å². The second-order valence-electron chi connectivity index (χ2n) is 10.2. The van der Waals surface area contributed by atoms with Crippen LogP contribution in [0, 0.1) is 0 Å². The summed E-state index contributed by atoms with van der Waals surface area (Å²) in [4.78, 5) is 45.0. The van der Waals surface area contributed by atoms with Gasteiger partial charge < -0.3 is 18.6 Å². The number of nitrogens with zero attached hydrogens (tertiary/aromatic N) is 2. The summed E-state index contributed by atoms with van der Waals surface area (Å²) >= 11 is 1.20. The molecule has 0 amide bonds. The number of carbonyl (C=O) groups is 2. The van der Waals surface area contributed by atoms with E-state index >= 15 is 0 Å². The van der Waals surface area contributed by atoms with E-state index in [1.165, 1.54) is 15.9 Å². The van der Waals surface area contributed by atoms with Crippen molar-refractivity contribution in [3.63, 3.8) is 0 Å². The van der Waals surface area contributed by atoms with Crippen molar-refractivity contribution in [2.45, 2.75) is 26.8 Å². The molecule has 0 saturated carbocycles. The zero-order chi connectivity index (χ0) is 31.7. The van der Waals surface area contributed by atoms with Crippen LogP contribution in [0.1, 0.15) is 48.5 Å². The number of methoxy groups -OCH3 is 1. The summed E-state index contributed by atoms with van der Waals surface area (Å²) in [5.41, 5.74) is 2.17. The fourth-order valence-corrected chi connectivity index (χ4v) is 6.56. The summed E-state index contributed by atoms with van der Waals surface area (Å²) in [6, 6.07) is 21.2. The van der Waals surface area contributed by atoms with Gasteiger partial charge in [0, 0.05) is 17.2 Å². The van der Waals surface area contributed by atoms with Gasteiger partial charge in [-0.05, 0) is 61.9 Å². The fraction of sp³-hybridized carbons (Fsp3) is 0.200. The predicted molar refractivity (Wildman–Crippen MR) is 171 cm³/mol. The number of aromatic nitrogens is 1. The molecule has 228 valence electrons. The van der Waals surface area contributed by atoms with E-state index in [9.17, 15) is 14.4 Å². The molecule has 1 unspecified atom stereocenters. The summed E-state index contributed by atoms with van der Waals surface area (Å²) in [6.45, 7) is 5.69. The molecule has 1 aliphatic heterocycles. The van der Waals surface area contributed by atoms with Crippen LogP contribution in [0.3, 0.4) is 0 Å². The molecule has 0 saturated heterocycles. The van der Waals surface area contributed by atoms with Crippen molar-refractivity contribution < 1.29 is 28.2 Å². The summed E-state index contributed by atoms with van der Waals surface area (Å²) < 4.78 is 24.4.